The average molecular weight is 232 g/mol. The summed E-state index contributed by atoms with van der Waals surface area (Å²) in [6, 6.07) is 8.26. The standard InChI is InChI=1S/C16H24O/c1-13-6-5-9-15(12-13)16(17)11-10-14-7-3-2-4-8-14/h5-6,9,12,14,16-17H,2-4,7-8,10-11H2,1H3. The van der Waals surface area contributed by atoms with Gasteiger partial charge in [0.05, 0.1) is 6.10 Å². The predicted molar refractivity (Wildman–Crippen MR) is 71.9 cm³/mol. The first kappa shape index (κ1) is 12.6. The van der Waals surface area contributed by atoms with E-state index in [-0.39, 0.29) is 6.10 Å². The number of aliphatic hydroxyl groups is 1. The van der Waals surface area contributed by atoms with Crippen molar-refractivity contribution in [3.63, 3.8) is 0 Å². The molecule has 1 aromatic carbocycles. The Balaban J connectivity index is 1.82. The van der Waals surface area contributed by atoms with Gasteiger partial charge in [0.15, 0.2) is 0 Å². The minimum absolute atomic E-state index is 0.267. The second kappa shape index (κ2) is 6.20. The minimum atomic E-state index is -0.267. The van der Waals surface area contributed by atoms with E-state index in [0.717, 1.165) is 17.9 Å². The molecule has 0 aromatic heterocycles. The van der Waals surface area contributed by atoms with Crippen molar-refractivity contribution < 1.29 is 5.11 Å². The molecule has 1 atom stereocenters. The fourth-order valence-electron chi connectivity index (χ4n) is 2.91. The van der Waals surface area contributed by atoms with Crippen LogP contribution in [0.3, 0.4) is 0 Å². The Morgan fingerprint density at radius 3 is 2.71 bits per heavy atom. The Labute approximate surface area is 105 Å². The van der Waals surface area contributed by atoms with Crippen molar-refractivity contribution in [2.75, 3.05) is 0 Å². The third-order valence-corrected chi connectivity index (χ3v) is 4.00. The lowest BCUT2D eigenvalue weighted by atomic mass is 9.85. The van der Waals surface area contributed by atoms with Gasteiger partial charge in [0.25, 0.3) is 0 Å². The number of hydrogen-bond acceptors (Lipinski definition) is 1. The molecular formula is C16H24O. The van der Waals surface area contributed by atoms with Gasteiger partial charge < -0.3 is 5.11 Å². The Morgan fingerprint density at radius 1 is 1.24 bits per heavy atom. The summed E-state index contributed by atoms with van der Waals surface area (Å²) in [5, 5.41) is 10.2. The number of hydrogen-bond donors (Lipinski definition) is 1. The van der Waals surface area contributed by atoms with E-state index in [0.29, 0.717) is 0 Å². The van der Waals surface area contributed by atoms with Crippen LogP contribution in [0, 0.1) is 12.8 Å². The minimum Gasteiger partial charge on any atom is -0.388 e. The summed E-state index contributed by atoms with van der Waals surface area (Å²) in [7, 11) is 0. The first-order valence-corrected chi connectivity index (χ1v) is 7.00. The molecule has 0 heterocycles. The molecule has 0 aliphatic heterocycles. The predicted octanol–water partition coefficient (Wildman–Crippen LogP) is 4.39. The van der Waals surface area contributed by atoms with Gasteiger partial charge in [-0.1, -0.05) is 61.9 Å². The van der Waals surface area contributed by atoms with Crippen LogP contribution < -0.4 is 0 Å². The maximum atomic E-state index is 10.2. The lowest BCUT2D eigenvalue weighted by molar-refractivity contribution is 0.151. The summed E-state index contributed by atoms with van der Waals surface area (Å²) in [5.41, 5.74) is 2.32. The van der Waals surface area contributed by atoms with Crippen LogP contribution in [-0.4, -0.2) is 5.11 Å². The van der Waals surface area contributed by atoms with E-state index in [9.17, 15) is 5.11 Å². The van der Waals surface area contributed by atoms with Crippen LogP contribution >= 0.6 is 0 Å². The molecule has 1 saturated carbocycles. The van der Waals surface area contributed by atoms with Crippen molar-refractivity contribution in [1.82, 2.24) is 0 Å². The van der Waals surface area contributed by atoms with Gasteiger partial charge in [0, 0.05) is 0 Å². The number of aryl methyl sites for hydroxylation is 1. The Kier molecular flexibility index (Phi) is 4.61. The zero-order valence-electron chi connectivity index (χ0n) is 10.9. The summed E-state index contributed by atoms with van der Waals surface area (Å²) >= 11 is 0. The highest BCUT2D eigenvalue weighted by Gasteiger charge is 2.15. The van der Waals surface area contributed by atoms with Crippen molar-refractivity contribution in [2.24, 2.45) is 5.92 Å². The number of benzene rings is 1. The third kappa shape index (κ3) is 3.85. The highest BCUT2D eigenvalue weighted by atomic mass is 16.3. The molecule has 1 fully saturated rings. The second-order valence-corrected chi connectivity index (χ2v) is 5.51. The lowest BCUT2D eigenvalue weighted by Gasteiger charge is -2.22. The fourth-order valence-corrected chi connectivity index (χ4v) is 2.91. The molecule has 1 heteroatoms. The SMILES string of the molecule is Cc1cccc(C(O)CCC2CCCCC2)c1. The van der Waals surface area contributed by atoms with Crippen LogP contribution in [0.4, 0.5) is 0 Å². The zero-order chi connectivity index (χ0) is 12.1. The van der Waals surface area contributed by atoms with E-state index in [1.807, 2.05) is 12.1 Å². The van der Waals surface area contributed by atoms with Crippen molar-refractivity contribution in [1.29, 1.82) is 0 Å². The molecule has 94 valence electrons. The Bertz CT molecular complexity index is 339. The second-order valence-electron chi connectivity index (χ2n) is 5.51. The van der Waals surface area contributed by atoms with Crippen molar-refractivity contribution >= 4 is 0 Å². The summed E-state index contributed by atoms with van der Waals surface area (Å²) in [4.78, 5) is 0. The topological polar surface area (TPSA) is 20.2 Å². The summed E-state index contributed by atoms with van der Waals surface area (Å²) in [5.74, 6) is 0.864. The molecule has 17 heavy (non-hydrogen) atoms. The zero-order valence-corrected chi connectivity index (χ0v) is 10.9. The highest BCUT2D eigenvalue weighted by molar-refractivity contribution is 5.23. The Morgan fingerprint density at radius 2 is 2.00 bits per heavy atom. The van der Waals surface area contributed by atoms with Crippen LogP contribution in [0.1, 0.15) is 62.2 Å². The maximum Gasteiger partial charge on any atom is 0.0790 e. The van der Waals surface area contributed by atoms with Gasteiger partial charge in [-0.2, -0.15) is 0 Å². The molecule has 1 N–H and O–H groups in total. The van der Waals surface area contributed by atoms with E-state index >= 15 is 0 Å². The van der Waals surface area contributed by atoms with Gasteiger partial charge in [0.1, 0.15) is 0 Å². The van der Waals surface area contributed by atoms with Gasteiger partial charge in [-0.15, -0.1) is 0 Å². The van der Waals surface area contributed by atoms with Gasteiger partial charge in [-0.25, -0.2) is 0 Å². The van der Waals surface area contributed by atoms with Crippen LogP contribution in [0.15, 0.2) is 24.3 Å². The largest absolute Gasteiger partial charge is 0.388 e. The molecule has 1 unspecified atom stereocenters. The molecular weight excluding hydrogens is 208 g/mol. The lowest BCUT2D eigenvalue weighted by Crippen LogP contribution is -2.08. The first-order chi connectivity index (χ1) is 8.25. The third-order valence-electron chi connectivity index (χ3n) is 4.00. The van der Waals surface area contributed by atoms with Crippen LogP contribution in [0.5, 0.6) is 0 Å². The van der Waals surface area contributed by atoms with Crippen molar-refractivity contribution in [3.8, 4) is 0 Å². The Hall–Kier alpha value is -0.820. The molecule has 1 nitrogen and oxygen atoms in total. The molecule has 1 aliphatic rings. The smallest absolute Gasteiger partial charge is 0.0790 e. The quantitative estimate of drug-likeness (QED) is 0.816. The molecule has 0 bridgehead atoms. The fraction of sp³-hybridized carbons (Fsp3) is 0.625. The van der Waals surface area contributed by atoms with E-state index < -0.39 is 0 Å². The molecule has 2 rings (SSSR count). The molecule has 0 spiro atoms. The van der Waals surface area contributed by atoms with Crippen LogP contribution in [0.25, 0.3) is 0 Å². The average Bonchev–Trinajstić information content (AvgIpc) is 2.37. The van der Waals surface area contributed by atoms with Gasteiger partial charge in [-0.3, -0.25) is 0 Å². The van der Waals surface area contributed by atoms with Gasteiger partial charge in [0.2, 0.25) is 0 Å². The first-order valence-electron chi connectivity index (χ1n) is 7.00. The number of aliphatic hydroxyl groups excluding tert-OH is 1. The van der Waals surface area contributed by atoms with Crippen LogP contribution in [0.2, 0.25) is 0 Å². The highest BCUT2D eigenvalue weighted by Crippen LogP contribution is 2.30. The number of rotatable bonds is 4. The molecule has 1 aliphatic carbocycles. The van der Waals surface area contributed by atoms with E-state index in [1.165, 1.54) is 44.1 Å². The molecule has 0 radical (unpaired) electrons. The van der Waals surface area contributed by atoms with Crippen LogP contribution in [-0.2, 0) is 0 Å². The molecule has 0 amide bonds. The maximum absolute atomic E-state index is 10.2. The summed E-state index contributed by atoms with van der Waals surface area (Å²) < 4.78 is 0. The molecule has 0 saturated heterocycles. The summed E-state index contributed by atoms with van der Waals surface area (Å²) in [6.45, 7) is 2.08. The normalized spacial score (nSPS) is 19.2. The van der Waals surface area contributed by atoms with E-state index in [2.05, 4.69) is 19.1 Å². The molecule has 1 aromatic rings. The monoisotopic (exact) mass is 232 g/mol. The summed E-state index contributed by atoms with van der Waals surface area (Å²) in [6.07, 6.45) is 8.80. The van der Waals surface area contributed by atoms with Gasteiger partial charge >= 0.3 is 0 Å². The van der Waals surface area contributed by atoms with Crippen molar-refractivity contribution in [3.05, 3.63) is 35.4 Å². The van der Waals surface area contributed by atoms with E-state index in [1.54, 1.807) is 0 Å². The van der Waals surface area contributed by atoms with Gasteiger partial charge in [-0.05, 0) is 31.2 Å². The van der Waals surface area contributed by atoms with Crippen molar-refractivity contribution in [2.45, 2.75) is 58.0 Å². The van der Waals surface area contributed by atoms with E-state index in [4.69, 9.17) is 0 Å².